The molecular weight excluding hydrogens is 381 g/mol. The van der Waals surface area contributed by atoms with Crippen LogP contribution < -0.4 is 16.6 Å². The molecule has 0 aliphatic heterocycles. The number of aromatic nitrogens is 2. The summed E-state index contributed by atoms with van der Waals surface area (Å²) in [5.74, 6) is 0.469. The van der Waals surface area contributed by atoms with E-state index >= 15 is 0 Å². The molecule has 0 atom stereocenters. The fourth-order valence-corrected chi connectivity index (χ4v) is 2.60. The summed E-state index contributed by atoms with van der Waals surface area (Å²) in [6.07, 6.45) is 0. The van der Waals surface area contributed by atoms with Crippen molar-refractivity contribution in [1.29, 1.82) is 0 Å². The molecule has 0 radical (unpaired) electrons. The fourth-order valence-electron chi connectivity index (χ4n) is 1.61. The molecule has 0 aliphatic carbocycles. The van der Waals surface area contributed by atoms with Gasteiger partial charge in [0.25, 0.3) is 5.56 Å². The van der Waals surface area contributed by atoms with Crippen LogP contribution in [0.3, 0.4) is 0 Å². The highest BCUT2D eigenvalue weighted by molar-refractivity contribution is 14.1. The van der Waals surface area contributed by atoms with Gasteiger partial charge in [0.2, 0.25) is 0 Å². The van der Waals surface area contributed by atoms with E-state index in [9.17, 15) is 9.59 Å². The van der Waals surface area contributed by atoms with Crippen molar-refractivity contribution in [3.05, 3.63) is 53.7 Å². The van der Waals surface area contributed by atoms with Crippen molar-refractivity contribution in [3.63, 3.8) is 0 Å². The molecule has 2 rings (SSSR count). The number of hydrogen-bond acceptors (Lipinski definition) is 3. The molecule has 7 heteroatoms. The van der Waals surface area contributed by atoms with Crippen molar-refractivity contribution in [3.8, 4) is 0 Å². The van der Waals surface area contributed by atoms with Gasteiger partial charge in [-0.1, -0.05) is 11.6 Å². The number of benzene rings is 1. The predicted octanol–water partition coefficient (Wildman–Crippen LogP) is 2.09. The average Bonchev–Trinajstić information content (AvgIpc) is 2.41. The van der Waals surface area contributed by atoms with Gasteiger partial charge in [-0.25, -0.2) is 4.79 Å². The number of anilines is 2. The lowest BCUT2D eigenvalue weighted by atomic mass is 10.3. The van der Waals surface area contributed by atoms with Crippen LogP contribution in [-0.4, -0.2) is 9.13 Å². The average molecular weight is 392 g/mol. The van der Waals surface area contributed by atoms with Gasteiger partial charge in [0, 0.05) is 24.8 Å². The van der Waals surface area contributed by atoms with Crippen LogP contribution in [0.25, 0.3) is 0 Å². The van der Waals surface area contributed by atoms with E-state index in [-0.39, 0.29) is 11.2 Å². The van der Waals surface area contributed by atoms with E-state index in [0.717, 1.165) is 10.3 Å². The van der Waals surface area contributed by atoms with Crippen LogP contribution in [0, 0.1) is 3.57 Å². The van der Waals surface area contributed by atoms with Crippen LogP contribution in [0.1, 0.15) is 0 Å². The Hall–Kier alpha value is -1.28. The highest BCUT2D eigenvalue weighted by Crippen LogP contribution is 2.20. The lowest BCUT2D eigenvalue weighted by molar-refractivity contribution is 0.686. The molecule has 1 aromatic heterocycles. The van der Waals surface area contributed by atoms with Crippen molar-refractivity contribution in [2.24, 2.45) is 14.1 Å². The zero-order chi connectivity index (χ0) is 14.2. The molecule has 0 spiro atoms. The molecule has 1 aromatic carbocycles. The summed E-state index contributed by atoms with van der Waals surface area (Å²) < 4.78 is 2.93. The molecule has 19 heavy (non-hydrogen) atoms. The number of halogens is 2. The first-order valence-electron chi connectivity index (χ1n) is 5.40. The van der Waals surface area contributed by atoms with Gasteiger partial charge in [0.1, 0.15) is 9.39 Å². The molecule has 0 aliphatic rings. The Morgan fingerprint density at radius 2 is 1.68 bits per heavy atom. The number of nitrogens with zero attached hydrogens (tertiary/aromatic N) is 2. The Balaban J connectivity index is 2.55. The Labute approximate surface area is 128 Å². The second kappa shape index (κ2) is 5.38. The smallest absolute Gasteiger partial charge is 0.332 e. The Morgan fingerprint density at radius 3 is 2.26 bits per heavy atom. The standard InChI is InChI=1S/C12H11ClIN3O2/c1-16-10(9(14)11(18)17(2)12(16)19)15-8-5-3-7(13)4-6-8/h3-6,15H,1-2H3. The molecule has 0 saturated heterocycles. The van der Waals surface area contributed by atoms with Gasteiger partial charge >= 0.3 is 5.69 Å². The van der Waals surface area contributed by atoms with Crippen LogP contribution in [0.4, 0.5) is 11.5 Å². The van der Waals surface area contributed by atoms with Gasteiger partial charge in [-0.3, -0.25) is 13.9 Å². The predicted molar refractivity (Wildman–Crippen MR) is 84.4 cm³/mol. The van der Waals surface area contributed by atoms with Crippen molar-refractivity contribution in [2.45, 2.75) is 0 Å². The van der Waals surface area contributed by atoms with Crippen LogP contribution in [0.15, 0.2) is 33.9 Å². The SMILES string of the molecule is Cn1c(Nc2ccc(Cl)cc2)c(I)c(=O)n(C)c1=O. The minimum atomic E-state index is -0.373. The van der Waals surface area contributed by atoms with E-state index in [1.54, 1.807) is 31.3 Å². The van der Waals surface area contributed by atoms with Crippen molar-refractivity contribution in [1.82, 2.24) is 9.13 Å². The minimum Gasteiger partial charge on any atom is -0.340 e. The Bertz CT molecular complexity index is 697. The third kappa shape index (κ3) is 2.69. The molecule has 0 unspecified atom stereocenters. The van der Waals surface area contributed by atoms with E-state index in [1.165, 1.54) is 11.6 Å². The summed E-state index contributed by atoms with van der Waals surface area (Å²) in [6, 6.07) is 7.02. The lowest BCUT2D eigenvalue weighted by Crippen LogP contribution is -2.39. The van der Waals surface area contributed by atoms with Crippen LogP contribution >= 0.6 is 34.2 Å². The molecule has 2 aromatic rings. The molecular formula is C12H11ClIN3O2. The number of rotatable bonds is 2. The third-order valence-corrected chi connectivity index (χ3v) is 3.94. The molecule has 0 bridgehead atoms. The summed E-state index contributed by atoms with van der Waals surface area (Å²) >= 11 is 7.74. The minimum absolute atomic E-state index is 0.319. The van der Waals surface area contributed by atoms with Crippen LogP contribution in [0.2, 0.25) is 5.02 Å². The Kier molecular flexibility index (Phi) is 4.00. The van der Waals surface area contributed by atoms with E-state index in [2.05, 4.69) is 5.32 Å². The maximum atomic E-state index is 11.9. The molecule has 1 N–H and O–H groups in total. The first-order chi connectivity index (χ1) is 8.91. The van der Waals surface area contributed by atoms with Gasteiger partial charge in [0.15, 0.2) is 0 Å². The molecule has 0 amide bonds. The highest BCUT2D eigenvalue weighted by atomic mass is 127. The number of hydrogen-bond donors (Lipinski definition) is 1. The summed E-state index contributed by atoms with van der Waals surface area (Å²) in [5, 5.41) is 3.68. The summed E-state index contributed by atoms with van der Waals surface area (Å²) in [5.41, 5.74) is 0.0626. The van der Waals surface area contributed by atoms with E-state index in [4.69, 9.17) is 11.6 Å². The zero-order valence-corrected chi connectivity index (χ0v) is 13.2. The van der Waals surface area contributed by atoms with Crippen LogP contribution in [-0.2, 0) is 14.1 Å². The fraction of sp³-hybridized carbons (Fsp3) is 0.167. The van der Waals surface area contributed by atoms with Gasteiger partial charge < -0.3 is 5.32 Å². The van der Waals surface area contributed by atoms with Gasteiger partial charge in [-0.15, -0.1) is 0 Å². The molecule has 100 valence electrons. The molecule has 5 nitrogen and oxygen atoms in total. The Morgan fingerprint density at radius 1 is 1.11 bits per heavy atom. The van der Waals surface area contributed by atoms with Crippen molar-refractivity contribution >= 4 is 45.7 Å². The van der Waals surface area contributed by atoms with Crippen LogP contribution in [0.5, 0.6) is 0 Å². The third-order valence-electron chi connectivity index (χ3n) is 2.72. The van der Waals surface area contributed by atoms with Gasteiger partial charge in [-0.2, -0.15) is 0 Å². The lowest BCUT2D eigenvalue weighted by Gasteiger charge is -2.13. The number of nitrogens with one attached hydrogen (secondary N) is 1. The monoisotopic (exact) mass is 391 g/mol. The molecule has 1 heterocycles. The maximum Gasteiger partial charge on any atom is 0.332 e. The van der Waals surface area contributed by atoms with E-state index in [1.807, 2.05) is 22.6 Å². The first-order valence-corrected chi connectivity index (χ1v) is 6.85. The zero-order valence-electron chi connectivity index (χ0n) is 10.3. The second-order valence-electron chi connectivity index (χ2n) is 4.00. The van der Waals surface area contributed by atoms with Gasteiger partial charge in [0.05, 0.1) is 0 Å². The quantitative estimate of drug-likeness (QED) is 0.798. The largest absolute Gasteiger partial charge is 0.340 e. The van der Waals surface area contributed by atoms with E-state index in [0.29, 0.717) is 14.4 Å². The highest BCUT2D eigenvalue weighted by Gasteiger charge is 2.13. The van der Waals surface area contributed by atoms with Crippen molar-refractivity contribution in [2.75, 3.05) is 5.32 Å². The molecule has 0 saturated carbocycles. The summed E-state index contributed by atoms with van der Waals surface area (Å²) in [4.78, 5) is 23.8. The van der Waals surface area contributed by atoms with Gasteiger partial charge in [-0.05, 0) is 46.9 Å². The second-order valence-corrected chi connectivity index (χ2v) is 5.52. The first kappa shape index (κ1) is 14.1. The summed E-state index contributed by atoms with van der Waals surface area (Å²) in [6.45, 7) is 0. The summed E-state index contributed by atoms with van der Waals surface area (Å²) in [7, 11) is 3.07. The normalized spacial score (nSPS) is 10.5. The van der Waals surface area contributed by atoms with Crippen molar-refractivity contribution < 1.29 is 0 Å². The van der Waals surface area contributed by atoms with E-state index < -0.39 is 0 Å². The molecule has 0 fully saturated rings. The topological polar surface area (TPSA) is 56.0 Å². The maximum absolute atomic E-state index is 11.9.